The van der Waals surface area contributed by atoms with Gasteiger partial charge in [-0.3, -0.25) is 9.59 Å². The van der Waals surface area contributed by atoms with E-state index < -0.39 is 24.0 Å². The third kappa shape index (κ3) is 4.79. The van der Waals surface area contributed by atoms with Gasteiger partial charge < -0.3 is 20.1 Å². The number of fused-ring (bicyclic) bond motifs is 3. The van der Waals surface area contributed by atoms with Crippen molar-refractivity contribution < 1.29 is 24.2 Å². The zero-order valence-electron chi connectivity index (χ0n) is 19.9. The topological polar surface area (TPSA) is 95.9 Å². The molecular formula is C27H32N2O5. The van der Waals surface area contributed by atoms with Gasteiger partial charge in [0.1, 0.15) is 6.61 Å². The first-order valence-electron chi connectivity index (χ1n) is 11.9. The van der Waals surface area contributed by atoms with Gasteiger partial charge in [-0.05, 0) is 34.1 Å². The van der Waals surface area contributed by atoms with Crippen molar-refractivity contribution in [2.24, 2.45) is 17.8 Å². The summed E-state index contributed by atoms with van der Waals surface area (Å²) in [7, 11) is 0. The molecule has 2 aromatic rings. The summed E-state index contributed by atoms with van der Waals surface area (Å²) < 4.78 is 5.64. The summed E-state index contributed by atoms with van der Waals surface area (Å²) in [4.78, 5) is 38.5. The predicted molar refractivity (Wildman–Crippen MR) is 128 cm³/mol. The molecule has 0 radical (unpaired) electrons. The van der Waals surface area contributed by atoms with Crippen molar-refractivity contribution in [3.63, 3.8) is 0 Å². The molecule has 0 spiro atoms. The minimum Gasteiger partial charge on any atom is -0.481 e. The number of aliphatic carboxylic acids is 1. The number of carbonyl (C=O) groups excluding carboxylic acids is 2. The van der Waals surface area contributed by atoms with E-state index in [9.17, 15) is 19.5 Å². The molecule has 2 aliphatic rings. The zero-order chi connectivity index (χ0) is 24.4. The number of hydrogen-bond donors (Lipinski definition) is 2. The van der Waals surface area contributed by atoms with Gasteiger partial charge in [0.25, 0.3) is 0 Å². The number of hydrogen-bond acceptors (Lipinski definition) is 4. The molecule has 7 heteroatoms. The lowest BCUT2D eigenvalue weighted by Crippen LogP contribution is -2.43. The van der Waals surface area contributed by atoms with Gasteiger partial charge in [-0.15, -0.1) is 0 Å². The number of nitrogens with one attached hydrogen (secondary N) is 1. The molecule has 2 amide bonds. The van der Waals surface area contributed by atoms with E-state index >= 15 is 0 Å². The average Bonchev–Trinajstić information content (AvgIpc) is 3.35. The highest BCUT2D eigenvalue weighted by Crippen LogP contribution is 2.44. The van der Waals surface area contributed by atoms with Crippen LogP contribution in [0.3, 0.4) is 0 Å². The summed E-state index contributed by atoms with van der Waals surface area (Å²) in [5.41, 5.74) is 4.61. The molecule has 0 bridgehead atoms. The normalized spacial score (nSPS) is 20.1. The fourth-order valence-electron chi connectivity index (χ4n) is 5.05. The zero-order valence-corrected chi connectivity index (χ0v) is 19.9. The lowest BCUT2D eigenvalue weighted by molar-refractivity contribution is -0.142. The van der Waals surface area contributed by atoms with Gasteiger partial charge >= 0.3 is 12.1 Å². The number of benzene rings is 2. The van der Waals surface area contributed by atoms with E-state index in [0.29, 0.717) is 6.54 Å². The minimum atomic E-state index is -0.875. The molecule has 0 aromatic heterocycles. The molecule has 0 saturated carbocycles. The van der Waals surface area contributed by atoms with E-state index in [2.05, 4.69) is 29.6 Å². The fraction of sp³-hybridized carbons (Fsp3) is 0.444. The van der Waals surface area contributed by atoms with Crippen molar-refractivity contribution in [3.8, 4) is 11.1 Å². The molecule has 180 valence electrons. The van der Waals surface area contributed by atoms with Crippen LogP contribution < -0.4 is 5.32 Å². The number of carboxylic acid groups (broad SMARTS) is 1. The second-order valence-electron chi connectivity index (χ2n) is 9.75. The molecule has 2 N–H and O–H groups in total. The van der Waals surface area contributed by atoms with Crippen LogP contribution in [0.25, 0.3) is 11.1 Å². The Morgan fingerprint density at radius 3 is 2.15 bits per heavy atom. The standard InChI is InChI=1S/C27H32N2O5/c1-16(2)24(12-25(30)29-13-17(3)22(14-29)26(31)32)28-27(33)34-15-23-20-10-6-4-8-18(20)19-9-5-7-11-21(19)23/h4-11,16-17,22-24H,12-15H2,1-3H3,(H,28,33)(H,31,32)/t17?,22?,24-/m0/s1. The van der Waals surface area contributed by atoms with Crippen molar-refractivity contribution in [2.45, 2.75) is 39.2 Å². The Morgan fingerprint density at radius 2 is 1.62 bits per heavy atom. The predicted octanol–water partition coefficient (Wildman–Crippen LogP) is 4.12. The summed E-state index contributed by atoms with van der Waals surface area (Å²) in [6, 6.07) is 15.9. The highest BCUT2D eigenvalue weighted by atomic mass is 16.5. The van der Waals surface area contributed by atoms with Crippen LogP contribution in [-0.2, 0) is 14.3 Å². The van der Waals surface area contributed by atoms with Crippen LogP contribution >= 0.6 is 0 Å². The quantitative estimate of drug-likeness (QED) is 0.643. The van der Waals surface area contributed by atoms with Crippen molar-refractivity contribution in [1.29, 1.82) is 0 Å². The molecule has 7 nitrogen and oxygen atoms in total. The molecule has 1 aliphatic carbocycles. The van der Waals surface area contributed by atoms with Crippen LogP contribution in [0.5, 0.6) is 0 Å². The van der Waals surface area contributed by atoms with Crippen LogP contribution in [0.4, 0.5) is 4.79 Å². The smallest absolute Gasteiger partial charge is 0.407 e. The second kappa shape index (κ2) is 9.87. The van der Waals surface area contributed by atoms with E-state index in [-0.39, 0.29) is 43.2 Å². The third-order valence-corrected chi connectivity index (χ3v) is 7.13. The van der Waals surface area contributed by atoms with Crippen LogP contribution in [0.1, 0.15) is 44.2 Å². The Morgan fingerprint density at radius 1 is 1.03 bits per heavy atom. The fourth-order valence-corrected chi connectivity index (χ4v) is 5.05. The maximum Gasteiger partial charge on any atom is 0.407 e. The minimum absolute atomic E-state index is 0.0136. The molecule has 3 atom stereocenters. The average molecular weight is 465 g/mol. The molecule has 4 rings (SSSR count). The van der Waals surface area contributed by atoms with E-state index in [1.165, 1.54) is 0 Å². The van der Waals surface area contributed by atoms with Crippen molar-refractivity contribution >= 4 is 18.0 Å². The number of nitrogens with zero attached hydrogens (tertiary/aromatic N) is 1. The van der Waals surface area contributed by atoms with E-state index in [1.54, 1.807) is 4.90 Å². The van der Waals surface area contributed by atoms with E-state index in [0.717, 1.165) is 22.3 Å². The first-order chi connectivity index (χ1) is 16.3. The maximum absolute atomic E-state index is 12.8. The Labute approximate surface area is 200 Å². The first kappa shape index (κ1) is 23.8. The molecule has 2 unspecified atom stereocenters. The van der Waals surface area contributed by atoms with Crippen LogP contribution in [-0.4, -0.2) is 53.7 Å². The van der Waals surface area contributed by atoms with Gasteiger partial charge in [-0.1, -0.05) is 69.3 Å². The first-order valence-corrected chi connectivity index (χ1v) is 11.9. The summed E-state index contributed by atoms with van der Waals surface area (Å²) in [5, 5.41) is 12.2. The number of amides is 2. The van der Waals surface area contributed by atoms with Gasteiger partial charge in [-0.2, -0.15) is 0 Å². The molecular weight excluding hydrogens is 432 g/mol. The number of rotatable bonds is 7. The van der Waals surface area contributed by atoms with Gasteiger partial charge in [0.15, 0.2) is 0 Å². The Hall–Kier alpha value is -3.35. The summed E-state index contributed by atoms with van der Waals surface area (Å²) in [6.07, 6.45) is -0.437. The van der Waals surface area contributed by atoms with Crippen LogP contribution in [0.15, 0.2) is 48.5 Å². The Kier molecular flexibility index (Phi) is 6.91. The molecule has 1 fully saturated rings. The van der Waals surface area contributed by atoms with Crippen molar-refractivity contribution in [1.82, 2.24) is 10.2 Å². The number of ether oxygens (including phenoxy) is 1. The molecule has 1 aliphatic heterocycles. The number of carboxylic acids is 1. The largest absolute Gasteiger partial charge is 0.481 e. The monoisotopic (exact) mass is 464 g/mol. The summed E-state index contributed by atoms with van der Waals surface area (Å²) in [5.74, 6) is -1.67. The highest BCUT2D eigenvalue weighted by Gasteiger charge is 2.38. The SMILES string of the molecule is CC1CN(C(=O)C[C@H](NC(=O)OCC2c3ccccc3-c3ccccc32)C(C)C)CC1C(=O)O. The molecule has 1 saturated heterocycles. The van der Waals surface area contributed by atoms with Crippen molar-refractivity contribution in [3.05, 3.63) is 59.7 Å². The number of likely N-dealkylation sites (tertiary alicyclic amines) is 1. The molecule has 1 heterocycles. The lowest BCUT2D eigenvalue weighted by atomic mass is 9.98. The summed E-state index contributed by atoms with van der Waals surface area (Å²) >= 11 is 0. The van der Waals surface area contributed by atoms with Crippen LogP contribution in [0.2, 0.25) is 0 Å². The maximum atomic E-state index is 12.8. The van der Waals surface area contributed by atoms with Crippen molar-refractivity contribution in [2.75, 3.05) is 19.7 Å². The van der Waals surface area contributed by atoms with Gasteiger partial charge in [-0.25, -0.2) is 4.79 Å². The number of carbonyl (C=O) groups is 3. The number of alkyl carbamates (subject to hydrolysis) is 1. The third-order valence-electron chi connectivity index (χ3n) is 7.13. The van der Waals surface area contributed by atoms with Crippen LogP contribution in [0, 0.1) is 17.8 Å². The van der Waals surface area contributed by atoms with Gasteiger partial charge in [0.05, 0.1) is 5.92 Å². The van der Waals surface area contributed by atoms with Gasteiger partial charge in [0, 0.05) is 31.5 Å². The second-order valence-corrected chi connectivity index (χ2v) is 9.75. The summed E-state index contributed by atoms with van der Waals surface area (Å²) in [6.45, 7) is 6.57. The molecule has 34 heavy (non-hydrogen) atoms. The highest BCUT2D eigenvalue weighted by molar-refractivity contribution is 5.81. The molecule has 2 aromatic carbocycles. The van der Waals surface area contributed by atoms with E-state index in [4.69, 9.17) is 4.74 Å². The Balaban J connectivity index is 1.36. The van der Waals surface area contributed by atoms with Gasteiger partial charge in [0.2, 0.25) is 5.91 Å². The van der Waals surface area contributed by atoms with E-state index in [1.807, 2.05) is 45.0 Å². The Bertz CT molecular complexity index is 1040. The lowest BCUT2D eigenvalue weighted by Gasteiger charge is -2.25.